The first kappa shape index (κ1) is 13.9. The molecule has 1 fully saturated rings. The van der Waals surface area contributed by atoms with Crippen molar-refractivity contribution in [2.75, 3.05) is 33.3 Å². The molecule has 0 saturated carbocycles. The van der Waals surface area contributed by atoms with Gasteiger partial charge in [0.2, 0.25) is 0 Å². The first-order chi connectivity index (χ1) is 6.12. The Hall–Kier alpha value is -0.0900. The second-order valence-corrected chi connectivity index (χ2v) is 4.19. The molecule has 14 heavy (non-hydrogen) atoms. The lowest BCUT2D eigenvalue weighted by molar-refractivity contribution is -0.914. The van der Waals surface area contributed by atoms with Gasteiger partial charge in [-0.2, -0.15) is 0 Å². The summed E-state index contributed by atoms with van der Waals surface area (Å²) in [6, 6.07) is 0. The summed E-state index contributed by atoms with van der Waals surface area (Å²) in [5, 5.41) is 0. The van der Waals surface area contributed by atoms with Crippen molar-refractivity contribution in [2.24, 2.45) is 0 Å². The van der Waals surface area contributed by atoms with Gasteiger partial charge in [0.25, 0.3) is 0 Å². The maximum atomic E-state index is 10.6. The van der Waals surface area contributed by atoms with Crippen molar-refractivity contribution >= 4 is 5.97 Å². The number of hydrogen-bond acceptors (Lipinski definition) is 2. The van der Waals surface area contributed by atoms with Gasteiger partial charge in [0.05, 0.1) is 20.1 Å². The molecule has 0 spiro atoms. The lowest BCUT2D eigenvalue weighted by Crippen LogP contribution is -3.00. The van der Waals surface area contributed by atoms with Gasteiger partial charge in [0, 0.05) is 6.92 Å². The number of esters is 1. The van der Waals surface area contributed by atoms with Crippen molar-refractivity contribution in [1.29, 1.82) is 0 Å². The van der Waals surface area contributed by atoms with Gasteiger partial charge in [0.1, 0.15) is 13.2 Å². The molecular formula is C10H20BrNO2. The number of ether oxygens (including phenoxy) is 1. The van der Waals surface area contributed by atoms with E-state index in [1.807, 2.05) is 0 Å². The molecule has 4 heteroatoms. The Kier molecular flexibility index (Phi) is 6.36. The number of piperidine rings is 1. The number of carbonyl (C=O) groups excluding carboxylic acids is 1. The highest BCUT2D eigenvalue weighted by Gasteiger charge is 2.24. The van der Waals surface area contributed by atoms with Crippen LogP contribution < -0.4 is 17.0 Å². The van der Waals surface area contributed by atoms with E-state index in [-0.39, 0.29) is 23.0 Å². The van der Waals surface area contributed by atoms with Crippen LogP contribution in [0.25, 0.3) is 0 Å². The highest BCUT2D eigenvalue weighted by molar-refractivity contribution is 5.65. The van der Waals surface area contributed by atoms with Crippen molar-refractivity contribution < 1.29 is 31.0 Å². The zero-order chi connectivity index (χ0) is 9.73. The molecule has 1 aliphatic rings. The molecule has 0 bridgehead atoms. The van der Waals surface area contributed by atoms with Gasteiger partial charge in [0.15, 0.2) is 0 Å². The van der Waals surface area contributed by atoms with E-state index in [0.29, 0.717) is 6.61 Å². The van der Waals surface area contributed by atoms with E-state index in [1.54, 1.807) is 0 Å². The Balaban J connectivity index is 0.00000169. The fourth-order valence-corrected chi connectivity index (χ4v) is 1.91. The average molecular weight is 266 g/mol. The van der Waals surface area contributed by atoms with Crippen LogP contribution in [0.4, 0.5) is 0 Å². The van der Waals surface area contributed by atoms with Gasteiger partial charge < -0.3 is 26.2 Å². The number of nitrogens with zero attached hydrogens (tertiary/aromatic N) is 1. The fourth-order valence-electron chi connectivity index (χ4n) is 1.91. The summed E-state index contributed by atoms with van der Waals surface area (Å²) in [5.41, 5.74) is 0. The van der Waals surface area contributed by atoms with Crippen LogP contribution in [0.1, 0.15) is 26.2 Å². The Bertz CT molecular complexity index is 179. The summed E-state index contributed by atoms with van der Waals surface area (Å²) in [7, 11) is 2.25. The molecular weight excluding hydrogens is 246 g/mol. The summed E-state index contributed by atoms with van der Waals surface area (Å²) < 4.78 is 6.03. The molecule has 0 N–H and O–H groups in total. The van der Waals surface area contributed by atoms with Gasteiger partial charge in [-0.05, 0) is 19.3 Å². The third-order valence-corrected chi connectivity index (χ3v) is 2.83. The molecule has 0 radical (unpaired) electrons. The second kappa shape index (κ2) is 6.40. The molecule has 0 aromatic rings. The smallest absolute Gasteiger partial charge is 0.302 e. The van der Waals surface area contributed by atoms with Crippen molar-refractivity contribution in [1.82, 2.24) is 0 Å². The highest BCUT2D eigenvalue weighted by atomic mass is 79.9. The van der Waals surface area contributed by atoms with E-state index in [1.165, 1.54) is 39.3 Å². The Morgan fingerprint density at radius 2 is 1.86 bits per heavy atom. The van der Waals surface area contributed by atoms with E-state index in [9.17, 15) is 4.79 Å². The molecule has 0 atom stereocenters. The van der Waals surface area contributed by atoms with Gasteiger partial charge in [-0.25, -0.2) is 0 Å². The number of rotatable bonds is 3. The molecule has 1 aliphatic heterocycles. The number of likely N-dealkylation sites (tertiary alicyclic amines) is 1. The number of quaternary nitrogens is 1. The first-order valence-corrected chi connectivity index (χ1v) is 5.09. The molecule has 0 unspecified atom stereocenters. The van der Waals surface area contributed by atoms with Crippen LogP contribution >= 0.6 is 0 Å². The SMILES string of the molecule is CC(=O)OCC[N+]1(C)CCCCC1.[Br-]. The highest BCUT2D eigenvalue weighted by Crippen LogP contribution is 2.15. The van der Waals surface area contributed by atoms with Crippen LogP contribution in [-0.2, 0) is 9.53 Å². The van der Waals surface area contributed by atoms with Gasteiger partial charge in [-0.1, -0.05) is 0 Å². The van der Waals surface area contributed by atoms with E-state index in [2.05, 4.69) is 7.05 Å². The molecule has 1 rings (SSSR count). The molecule has 0 aliphatic carbocycles. The largest absolute Gasteiger partial charge is 1.00 e. The second-order valence-electron chi connectivity index (χ2n) is 4.19. The maximum absolute atomic E-state index is 10.6. The number of likely N-dealkylation sites (N-methyl/N-ethyl adjacent to an activating group) is 1. The minimum atomic E-state index is -0.163. The van der Waals surface area contributed by atoms with E-state index < -0.39 is 0 Å². The molecule has 0 aromatic heterocycles. The topological polar surface area (TPSA) is 26.3 Å². The molecule has 0 aromatic carbocycles. The van der Waals surface area contributed by atoms with Gasteiger partial charge >= 0.3 is 5.97 Å². The van der Waals surface area contributed by atoms with Crippen molar-refractivity contribution in [3.05, 3.63) is 0 Å². The van der Waals surface area contributed by atoms with Crippen molar-refractivity contribution in [2.45, 2.75) is 26.2 Å². The number of halogens is 1. The maximum Gasteiger partial charge on any atom is 0.302 e. The summed E-state index contributed by atoms with van der Waals surface area (Å²) in [6.07, 6.45) is 3.99. The molecule has 3 nitrogen and oxygen atoms in total. The Labute approximate surface area is 96.8 Å². The lowest BCUT2D eigenvalue weighted by atomic mass is 10.1. The number of hydrogen-bond donors (Lipinski definition) is 0. The lowest BCUT2D eigenvalue weighted by Gasteiger charge is -2.37. The predicted molar refractivity (Wildman–Crippen MR) is 51.3 cm³/mol. The van der Waals surface area contributed by atoms with Crippen LogP contribution in [0.3, 0.4) is 0 Å². The average Bonchev–Trinajstić information content (AvgIpc) is 2.04. The summed E-state index contributed by atoms with van der Waals surface area (Å²) in [6.45, 7) is 5.49. The predicted octanol–water partition coefficient (Wildman–Crippen LogP) is -1.82. The minimum absolute atomic E-state index is 0. The molecule has 84 valence electrons. The van der Waals surface area contributed by atoms with E-state index in [4.69, 9.17) is 4.74 Å². The Morgan fingerprint density at radius 1 is 1.29 bits per heavy atom. The molecule has 0 amide bonds. The zero-order valence-electron chi connectivity index (χ0n) is 9.09. The normalized spacial score (nSPS) is 19.6. The minimum Gasteiger partial charge on any atom is -1.00 e. The van der Waals surface area contributed by atoms with E-state index >= 15 is 0 Å². The summed E-state index contributed by atoms with van der Waals surface area (Å²) in [5.74, 6) is -0.163. The van der Waals surface area contributed by atoms with Crippen LogP contribution in [0, 0.1) is 0 Å². The van der Waals surface area contributed by atoms with Crippen molar-refractivity contribution in [3.63, 3.8) is 0 Å². The summed E-state index contributed by atoms with van der Waals surface area (Å²) >= 11 is 0. The van der Waals surface area contributed by atoms with Crippen LogP contribution in [-0.4, -0.2) is 43.7 Å². The zero-order valence-corrected chi connectivity index (χ0v) is 10.7. The monoisotopic (exact) mass is 265 g/mol. The standard InChI is InChI=1S/C10H20NO2.BrH/c1-10(12)13-9-8-11(2)6-4-3-5-7-11;/h3-9H2,1-2H3;1H/q+1;/p-1. The molecule has 1 saturated heterocycles. The van der Waals surface area contributed by atoms with Crippen LogP contribution in [0.5, 0.6) is 0 Å². The van der Waals surface area contributed by atoms with Crippen LogP contribution in [0.15, 0.2) is 0 Å². The quantitative estimate of drug-likeness (QED) is 0.444. The third kappa shape index (κ3) is 4.96. The first-order valence-electron chi connectivity index (χ1n) is 5.09. The third-order valence-electron chi connectivity index (χ3n) is 2.83. The van der Waals surface area contributed by atoms with E-state index in [0.717, 1.165) is 11.0 Å². The summed E-state index contributed by atoms with van der Waals surface area (Å²) in [4.78, 5) is 10.6. The Morgan fingerprint density at radius 3 is 2.36 bits per heavy atom. The van der Waals surface area contributed by atoms with Gasteiger partial charge in [-0.3, -0.25) is 4.79 Å². The van der Waals surface area contributed by atoms with Gasteiger partial charge in [-0.15, -0.1) is 0 Å². The van der Waals surface area contributed by atoms with Crippen molar-refractivity contribution in [3.8, 4) is 0 Å². The van der Waals surface area contributed by atoms with Crippen LogP contribution in [0.2, 0.25) is 0 Å². The molecule has 1 heterocycles. The number of carbonyl (C=O) groups is 1. The fraction of sp³-hybridized carbons (Fsp3) is 0.900.